The summed E-state index contributed by atoms with van der Waals surface area (Å²) in [5.41, 5.74) is 4.44. The summed E-state index contributed by atoms with van der Waals surface area (Å²) in [5, 5.41) is 0. The van der Waals surface area contributed by atoms with Crippen molar-refractivity contribution in [3.63, 3.8) is 0 Å². The van der Waals surface area contributed by atoms with Crippen LogP contribution in [0.3, 0.4) is 0 Å². The summed E-state index contributed by atoms with van der Waals surface area (Å²) in [6, 6.07) is 15.3. The topological polar surface area (TPSA) is 20.3 Å². The Morgan fingerprint density at radius 3 is 2.00 bits per heavy atom. The maximum Gasteiger partial charge on any atom is 0.262 e. The lowest BCUT2D eigenvalue weighted by Crippen LogP contribution is -2.30. The molecule has 2 aromatic rings. The van der Waals surface area contributed by atoms with Gasteiger partial charge in [-0.25, -0.2) is 0 Å². The zero-order valence-electron chi connectivity index (χ0n) is 12.2. The van der Waals surface area contributed by atoms with Crippen molar-refractivity contribution < 1.29 is 4.79 Å². The monoisotopic (exact) mass is 265 g/mol. The van der Waals surface area contributed by atoms with Crippen molar-refractivity contribution in [3.05, 3.63) is 77.5 Å². The van der Waals surface area contributed by atoms with E-state index in [1.165, 1.54) is 0 Å². The van der Waals surface area contributed by atoms with Gasteiger partial charge in [0.1, 0.15) is 0 Å². The Hall–Kier alpha value is -2.35. The number of rotatable bonds is 3. The van der Waals surface area contributed by atoms with Crippen molar-refractivity contribution in [2.45, 2.75) is 20.8 Å². The predicted molar refractivity (Wildman–Crippen MR) is 84.0 cm³/mol. The summed E-state index contributed by atoms with van der Waals surface area (Å²) in [6.45, 7) is 9.84. The maximum absolute atomic E-state index is 12.8. The first kappa shape index (κ1) is 14.1. The highest BCUT2D eigenvalue weighted by molar-refractivity contribution is 6.08. The number of anilines is 1. The highest BCUT2D eigenvalue weighted by Crippen LogP contribution is 2.28. The molecule has 2 nitrogen and oxygen atoms in total. The molecule has 2 rings (SSSR count). The molecule has 0 saturated heterocycles. The van der Waals surface area contributed by atoms with Crippen LogP contribution in [0.2, 0.25) is 0 Å². The molecule has 0 unspecified atom stereocenters. The van der Waals surface area contributed by atoms with Crippen LogP contribution in [0.5, 0.6) is 0 Å². The number of allylic oxidation sites excluding steroid dienone is 1. The van der Waals surface area contributed by atoms with Crippen molar-refractivity contribution in [2.24, 2.45) is 0 Å². The number of para-hydroxylation sites is 1. The van der Waals surface area contributed by atoms with E-state index in [9.17, 15) is 4.79 Å². The molecule has 0 radical (unpaired) electrons. The molecule has 0 saturated carbocycles. The molecule has 102 valence electrons. The Morgan fingerprint density at radius 2 is 1.50 bits per heavy atom. The van der Waals surface area contributed by atoms with Crippen molar-refractivity contribution in [2.75, 3.05) is 4.90 Å². The zero-order valence-corrected chi connectivity index (χ0v) is 12.2. The number of aryl methyl sites for hydroxylation is 2. The zero-order chi connectivity index (χ0) is 14.7. The van der Waals surface area contributed by atoms with Crippen LogP contribution in [0.15, 0.2) is 60.8 Å². The van der Waals surface area contributed by atoms with Gasteiger partial charge in [0.25, 0.3) is 5.91 Å². The van der Waals surface area contributed by atoms with E-state index in [1.54, 1.807) is 4.90 Å². The van der Waals surface area contributed by atoms with E-state index in [4.69, 9.17) is 0 Å². The molecule has 0 spiro atoms. The summed E-state index contributed by atoms with van der Waals surface area (Å²) >= 11 is 0. The lowest BCUT2D eigenvalue weighted by Gasteiger charge is -2.26. The Morgan fingerprint density at radius 1 is 0.950 bits per heavy atom. The van der Waals surface area contributed by atoms with Crippen LogP contribution >= 0.6 is 0 Å². The molecule has 0 N–H and O–H groups in total. The van der Waals surface area contributed by atoms with Crippen molar-refractivity contribution in [3.8, 4) is 0 Å². The molecular formula is C18H19NO. The smallest absolute Gasteiger partial charge is 0.262 e. The number of hydrogen-bond donors (Lipinski definition) is 0. The number of carbonyl (C=O) groups excluding carboxylic acids is 1. The van der Waals surface area contributed by atoms with E-state index in [0.29, 0.717) is 5.56 Å². The minimum absolute atomic E-state index is 0.0458. The van der Waals surface area contributed by atoms with E-state index in [0.717, 1.165) is 22.5 Å². The molecule has 2 heteroatoms. The number of benzene rings is 2. The Kier molecular flexibility index (Phi) is 4.04. The van der Waals surface area contributed by atoms with E-state index >= 15 is 0 Å². The predicted octanol–water partition coefficient (Wildman–Crippen LogP) is 4.48. The SMILES string of the molecule is C=C(C)N(C(=O)c1ccccc1)c1c(C)cccc1C. The molecular weight excluding hydrogens is 246 g/mol. The van der Waals surface area contributed by atoms with Gasteiger partial charge in [0.05, 0.1) is 5.69 Å². The van der Waals surface area contributed by atoms with Crippen LogP contribution in [-0.2, 0) is 0 Å². The fourth-order valence-electron chi connectivity index (χ4n) is 2.33. The van der Waals surface area contributed by atoms with Gasteiger partial charge in [-0.05, 0) is 44.0 Å². The quantitative estimate of drug-likeness (QED) is 0.801. The van der Waals surface area contributed by atoms with Crippen LogP contribution < -0.4 is 4.90 Å². The lowest BCUT2D eigenvalue weighted by molar-refractivity contribution is 0.0995. The average molecular weight is 265 g/mol. The third-order valence-electron chi connectivity index (χ3n) is 3.27. The molecule has 20 heavy (non-hydrogen) atoms. The summed E-state index contributed by atoms with van der Waals surface area (Å²) in [4.78, 5) is 14.5. The van der Waals surface area contributed by atoms with Crippen LogP contribution in [0.4, 0.5) is 5.69 Å². The summed E-state index contributed by atoms with van der Waals surface area (Å²) in [7, 11) is 0. The first-order chi connectivity index (χ1) is 9.52. The third kappa shape index (κ3) is 2.64. The molecule has 0 aliphatic carbocycles. The van der Waals surface area contributed by atoms with Gasteiger partial charge in [-0.3, -0.25) is 9.69 Å². The standard InChI is InChI=1S/C18H19NO/c1-13(2)19(17-14(3)9-8-10-15(17)4)18(20)16-11-6-5-7-12-16/h5-12H,1H2,2-4H3. The molecule has 0 atom stereocenters. The van der Waals surface area contributed by atoms with E-state index in [2.05, 4.69) is 6.58 Å². The van der Waals surface area contributed by atoms with Gasteiger partial charge < -0.3 is 0 Å². The second-order valence-electron chi connectivity index (χ2n) is 4.98. The Labute approximate surface area is 120 Å². The van der Waals surface area contributed by atoms with Gasteiger partial charge >= 0.3 is 0 Å². The molecule has 0 aromatic heterocycles. The van der Waals surface area contributed by atoms with Crippen LogP contribution in [0.25, 0.3) is 0 Å². The molecule has 0 heterocycles. The molecule has 0 aliphatic heterocycles. The summed E-state index contributed by atoms with van der Waals surface area (Å²) in [6.07, 6.45) is 0. The van der Waals surface area contributed by atoms with Crippen LogP contribution in [0.1, 0.15) is 28.4 Å². The van der Waals surface area contributed by atoms with E-state index in [-0.39, 0.29) is 5.91 Å². The minimum atomic E-state index is -0.0458. The fourth-order valence-corrected chi connectivity index (χ4v) is 2.33. The van der Waals surface area contributed by atoms with Gasteiger partial charge in [-0.15, -0.1) is 0 Å². The Bertz CT molecular complexity index is 623. The average Bonchev–Trinajstić information content (AvgIpc) is 2.43. The molecule has 0 bridgehead atoms. The number of nitrogens with zero attached hydrogens (tertiary/aromatic N) is 1. The van der Waals surface area contributed by atoms with Crippen LogP contribution in [-0.4, -0.2) is 5.91 Å². The second-order valence-corrected chi connectivity index (χ2v) is 4.98. The number of carbonyl (C=O) groups is 1. The highest BCUT2D eigenvalue weighted by Gasteiger charge is 2.21. The first-order valence-corrected chi connectivity index (χ1v) is 6.63. The largest absolute Gasteiger partial charge is 0.281 e. The first-order valence-electron chi connectivity index (χ1n) is 6.63. The molecule has 1 amide bonds. The minimum Gasteiger partial charge on any atom is -0.281 e. The van der Waals surface area contributed by atoms with Gasteiger partial charge in [0.2, 0.25) is 0 Å². The van der Waals surface area contributed by atoms with Crippen molar-refractivity contribution in [1.29, 1.82) is 0 Å². The van der Waals surface area contributed by atoms with Gasteiger partial charge in [0.15, 0.2) is 0 Å². The Balaban J connectivity index is 2.53. The van der Waals surface area contributed by atoms with Gasteiger partial charge in [-0.2, -0.15) is 0 Å². The molecule has 0 fully saturated rings. The maximum atomic E-state index is 12.8. The van der Waals surface area contributed by atoms with Crippen LogP contribution in [0, 0.1) is 13.8 Å². The third-order valence-corrected chi connectivity index (χ3v) is 3.27. The lowest BCUT2D eigenvalue weighted by atomic mass is 10.1. The van der Waals surface area contributed by atoms with E-state index < -0.39 is 0 Å². The van der Waals surface area contributed by atoms with Gasteiger partial charge in [-0.1, -0.05) is 43.0 Å². The summed E-state index contributed by atoms with van der Waals surface area (Å²) in [5.74, 6) is -0.0458. The molecule has 0 aliphatic rings. The number of amides is 1. The summed E-state index contributed by atoms with van der Waals surface area (Å²) < 4.78 is 0. The fraction of sp³-hybridized carbons (Fsp3) is 0.167. The van der Waals surface area contributed by atoms with Gasteiger partial charge in [0, 0.05) is 11.3 Å². The second kappa shape index (κ2) is 5.74. The van der Waals surface area contributed by atoms with Crippen molar-refractivity contribution >= 4 is 11.6 Å². The molecule has 2 aromatic carbocycles. The highest BCUT2D eigenvalue weighted by atomic mass is 16.2. The van der Waals surface area contributed by atoms with Crippen molar-refractivity contribution in [1.82, 2.24) is 0 Å². The number of hydrogen-bond acceptors (Lipinski definition) is 1. The van der Waals surface area contributed by atoms with E-state index in [1.807, 2.05) is 69.3 Å². The normalized spacial score (nSPS) is 10.2.